The summed E-state index contributed by atoms with van der Waals surface area (Å²) in [6.07, 6.45) is 1.19. The number of ether oxygens (including phenoxy) is 1. The van der Waals surface area contributed by atoms with E-state index in [4.69, 9.17) is 20.9 Å². The fraction of sp³-hybridized carbons (Fsp3) is 0.529. The second kappa shape index (κ2) is 7.09. The molecule has 0 radical (unpaired) electrons. The Balaban J connectivity index is 1.36. The van der Waals surface area contributed by atoms with Crippen molar-refractivity contribution in [1.82, 2.24) is 15.0 Å². The van der Waals surface area contributed by atoms with Crippen molar-refractivity contribution in [1.29, 1.82) is 0 Å². The van der Waals surface area contributed by atoms with Crippen molar-refractivity contribution in [3.05, 3.63) is 29.3 Å². The van der Waals surface area contributed by atoms with E-state index in [1.807, 2.05) is 24.3 Å². The fourth-order valence-electron chi connectivity index (χ4n) is 3.30. The number of anilines is 1. The summed E-state index contributed by atoms with van der Waals surface area (Å²) in [7, 11) is 0. The van der Waals surface area contributed by atoms with Crippen LogP contribution in [0.25, 0.3) is 11.4 Å². The molecule has 0 spiro atoms. The predicted octanol–water partition coefficient (Wildman–Crippen LogP) is 2.55. The molecular formula is C17H21ClN4O2. The van der Waals surface area contributed by atoms with Gasteiger partial charge in [-0.3, -0.25) is 4.90 Å². The fourth-order valence-corrected chi connectivity index (χ4v) is 3.49. The molecule has 0 bridgehead atoms. The molecule has 4 rings (SSSR count). The van der Waals surface area contributed by atoms with Gasteiger partial charge in [0.2, 0.25) is 5.82 Å². The van der Waals surface area contributed by atoms with Crippen LogP contribution in [0.3, 0.4) is 0 Å². The largest absolute Gasteiger partial charge is 0.381 e. The minimum Gasteiger partial charge on any atom is -0.381 e. The van der Waals surface area contributed by atoms with Crippen LogP contribution in [0.4, 0.5) is 6.01 Å². The number of halogens is 1. The summed E-state index contributed by atoms with van der Waals surface area (Å²) in [5.41, 5.74) is 0.873. The molecule has 0 amide bonds. The maximum absolute atomic E-state index is 6.03. The molecule has 0 aliphatic carbocycles. The van der Waals surface area contributed by atoms with Crippen molar-refractivity contribution in [2.75, 3.05) is 50.8 Å². The average Bonchev–Trinajstić information content (AvgIpc) is 3.27. The minimum atomic E-state index is 0.582. The monoisotopic (exact) mass is 348 g/mol. The molecule has 1 aromatic carbocycles. The van der Waals surface area contributed by atoms with Gasteiger partial charge in [0, 0.05) is 49.9 Å². The first-order valence-corrected chi connectivity index (χ1v) is 8.80. The van der Waals surface area contributed by atoms with Gasteiger partial charge < -0.3 is 14.2 Å². The SMILES string of the molecule is Clc1cccc(-c2noc(N3CCN(CC4CCOC4)CC3)n2)c1. The molecule has 2 saturated heterocycles. The Morgan fingerprint density at radius 2 is 2.08 bits per heavy atom. The van der Waals surface area contributed by atoms with Crippen molar-refractivity contribution in [3.63, 3.8) is 0 Å². The Kier molecular flexibility index (Phi) is 4.69. The van der Waals surface area contributed by atoms with Crippen LogP contribution < -0.4 is 4.90 Å². The molecule has 3 heterocycles. The van der Waals surface area contributed by atoms with Crippen molar-refractivity contribution in [3.8, 4) is 11.4 Å². The highest BCUT2D eigenvalue weighted by Crippen LogP contribution is 2.23. The second-order valence-corrected chi connectivity index (χ2v) is 6.86. The molecule has 2 aliphatic heterocycles. The highest BCUT2D eigenvalue weighted by atomic mass is 35.5. The molecule has 128 valence electrons. The number of benzene rings is 1. The lowest BCUT2D eigenvalue weighted by atomic mass is 10.1. The summed E-state index contributed by atoms with van der Waals surface area (Å²) in [5.74, 6) is 1.27. The molecule has 2 fully saturated rings. The molecule has 0 N–H and O–H groups in total. The van der Waals surface area contributed by atoms with Crippen LogP contribution in [0, 0.1) is 5.92 Å². The van der Waals surface area contributed by atoms with E-state index in [9.17, 15) is 0 Å². The van der Waals surface area contributed by atoms with Gasteiger partial charge in [0.15, 0.2) is 0 Å². The third-order valence-electron chi connectivity index (χ3n) is 4.68. The molecule has 0 saturated carbocycles. The third kappa shape index (κ3) is 3.55. The van der Waals surface area contributed by atoms with Crippen molar-refractivity contribution >= 4 is 17.6 Å². The van der Waals surface area contributed by atoms with Gasteiger partial charge in [0.05, 0.1) is 6.61 Å². The van der Waals surface area contributed by atoms with Gasteiger partial charge in [-0.1, -0.05) is 28.9 Å². The highest BCUT2D eigenvalue weighted by molar-refractivity contribution is 6.30. The van der Waals surface area contributed by atoms with E-state index in [0.717, 1.165) is 51.5 Å². The Labute approximate surface area is 146 Å². The maximum Gasteiger partial charge on any atom is 0.324 e. The molecule has 2 aliphatic rings. The van der Waals surface area contributed by atoms with Gasteiger partial charge in [-0.05, 0) is 24.5 Å². The number of piperazine rings is 1. The van der Waals surface area contributed by atoms with Gasteiger partial charge in [0.1, 0.15) is 0 Å². The quantitative estimate of drug-likeness (QED) is 0.846. The average molecular weight is 349 g/mol. The number of hydrogen-bond acceptors (Lipinski definition) is 6. The van der Waals surface area contributed by atoms with Crippen LogP contribution in [0.5, 0.6) is 0 Å². The zero-order valence-electron chi connectivity index (χ0n) is 13.5. The number of hydrogen-bond donors (Lipinski definition) is 0. The molecule has 1 unspecified atom stereocenters. The molecule has 1 aromatic heterocycles. The van der Waals surface area contributed by atoms with E-state index in [1.165, 1.54) is 6.42 Å². The van der Waals surface area contributed by atoms with Crippen molar-refractivity contribution < 1.29 is 9.26 Å². The standard InChI is InChI=1S/C17H21ClN4O2/c18-15-3-1-2-14(10-15)16-19-17(24-20-16)22-7-5-21(6-8-22)11-13-4-9-23-12-13/h1-3,10,13H,4-9,11-12H2. The zero-order chi connectivity index (χ0) is 16.4. The van der Waals surface area contributed by atoms with Crippen LogP contribution in [0.15, 0.2) is 28.8 Å². The zero-order valence-corrected chi connectivity index (χ0v) is 14.3. The number of nitrogens with zero attached hydrogens (tertiary/aromatic N) is 4. The first-order valence-electron chi connectivity index (χ1n) is 8.42. The third-order valence-corrected chi connectivity index (χ3v) is 4.92. The Morgan fingerprint density at radius 3 is 2.83 bits per heavy atom. The summed E-state index contributed by atoms with van der Waals surface area (Å²) in [4.78, 5) is 9.18. The first kappa shape index (κ1) is 15.9. The summed E-state index contributed by atoms with van der Waals surface area (Å²) in [6.45, 7) is 6.81. The van der Waals surface area contributed by atoms with E-state index in [0.29, 0.717) is 22.8 Å². The van der Waals surface area contributed by atoms with E-state index < -0.39 is 0 Å². The molecular weight excluding hydrogens is 328 g/mol. The lowest BCUT2D eigenvalue weighted by molar-refractivity contribution is 0.163. The van der Waals surface area contributed by atoms with Gasteiger partial charge in [-0.15, -0.1) is 0 Å². The molecule has 1 atom stereocenters. The van der Waals surface area contributed by atoms with E-state index in [-0.39, 0.29) is 0 Å². The van der Waals surface area contributed by atoms with Gasteiger partial charge in [0.25, 0.3) is 0 Å². The number of aromatic nitrogens is 2. The highest BCUT2D eigenvalue weighted by Gasteiger charge is 2.25. The summed E-state index contributed by atoms with van der Waals surface area (Å²) < 4.78 is 10.9. The lowest BCUT2D eigenvalue weighted by Crippen LogP contribution is -2.48. The summed E-state index contributed by atoms with van der Waals surface area (Å²) in [6, 6.07) is 8.09. The van der Waals surface area contributed by atoms with Gasteiger partial charge in [-0.2, -0.15) is 4.98 Å². The van der Waals surface area contributed by atoms with E-state index >= 15 is 0 Å². The predicted molar refractivity (Wildman–Crippen MR) is 92.3 cm³/mol. The van der Waals surface area contributed by atoms with Crippen LogP contribution in [0.1, 0.15) is 6.42 Å². The Bertz CT molecular complexity index is 679. The van der Waals surface area contributed by atoms with Crippen molar-refractivity contribution in [2.45, 2.75) is 6.42 Å². The van der Waals surface area contributed by atoms with E-state index in [2.05, 4.69) is 19.9 Å². The normalized spacial score (nSPS) is 22.2. The Morgan fingerprint density at radius 1 is 1.21 bits per heavy atom. The lowest BCUT2D eigenvalue weighted by Gasteiger charge is -2.34. The smallest absolute Gasteiger partial charge is 0.324 e. The van der Waals surface area contributed by atoms with Crippen LogP contribution in [-0.2, 0) is 4.74 Å². The summed E-state index contributed by atoms with van der Waals surface area (Å²) in [5, 5.41) is 4.76. The summed E-state index contributed by atoms with van der Waals surface area (Å²) >= 11 is 6.03. The minimum absolute atomic E-state index is 0.582. The van der Waals surface area contributed by atoms with Crippen LogP contribution in [0.2, 0.25) is 5.02 Å². The molecule has 2 aromatic rings. The Hall–Kier alpha value is -1.63. The van der Waals surface area contributed by atoms with Crippen LogP contribution >= 0.6 is 11.6 Å². The number of rotatable bonds is 4. The topological polar surface area (TPSA) is 54.6 Å². The molecule has 6 nitrogen and oxygen atoms in total. The molecule has 24 heavy (non-hydrogen) atoms. The van der Waals surface area contributed by atoms with Crippen LogP contribution in [-0.4, -0.2) is 61.0 Å². The van der Waals surface area contributed by atoms with Gasteiger partial charge >= 0.3 is 6.01 Å². The second-order valence-electron chi connectivity index (χ2n) is 6.43. The van der Waals surface area contributed by atoms with E-state index in [1.54, 1.807) is 0 Å². The maximum atomic E-state index is 6.03. The van der Waals surface area contributed by atoms with Gasteiger partial charge in [-0.25, -0.2) is 0 Å². The molecule has 7 heteroatoms. The first-order chi connectivity index (χ1) is 11.8. The van der Waals surface area contributed by atoms with Crippen molar-refractivity contribution in [2.24, 2.45) is 5.92 Å².